The molecule has 0 spiro atoms. The molecule has 1 amide bonds. The maximum atomic E-state index is 11.9. The highest BCUT2D eigenvalue weighted by Gasteiger charge is 2.58. The maximum Gasteiger partial charge on any atom is 0.268 e. The van der Waals surface area contributed by atoms with Crippen LogP contribution in [0.1, 0.15) is 44.1 Å². The van der Waals surface area contributed by atoms with Crippen LogP contribution in [-0.2, 0) is 9.53 Å². The number of rotatable bonds is 4. The Morgan fingerprint density at radius 3 is 2.60 bits per heavy atom. The Morgan fingerprint density at radius 1 is 1.13 bits per heavy atom. The summed E-state index contributed by atoms with van der Waals surface area (Å²) < 4.78 is 6.09. The lowest BCUT2D eigenvalue weighted by Gasteiger charge is -2.61. The standard InChI is InChI=1S/C23H25N5O2/c1-30-23-10-14-6-15(11-23)9-22(8-14,13-23)28-20(21-26-12-19(29)27-21)16-2-3-17-18(7-16)25-5-4-24-17/h2-5,7,12,14-15,28H,6,8-11,13H2,1H3,(H,27,29). The summed E-state index contributed by atoms with van der Waals surface area (Å²) in [5.41, 5.74) is 3.42. The number of aliphatic imine (C=N–C) groups is 1. The van der Waals surface area contributed by atoms with Crippen LogP contribution < -0.4 is 10.6 Å². The predicted molar refractivity (Wildman–Crippen MR) is 113 cm³/mol. The van der Waals surface area contributed by atoms with Crippen LogP contribution >= 0.6 is 0 Å². The van der Waals surface area contributed by atoms with Crippen LogP contribution in [0.15, 0.2) is 41.4 Å². The summed E-state index contributed by atoms with van der Waals surface area (Å²) in [6.45, 7) is 0. The minimum Gasteiger partial charge on any atom is -0.378 e. The van der Waals surface area contributed by atoms with Gasteiger partial charge in [-0.25, -0.2) is 4.99 Å². The lowest BCUT2D eigenvalue weighted by atomic mass is 9.51. The lowest BCUT2D eigenvalue weighted by Crippen LogP contribution is -2.64. The molecule has 1 aliphatic heterocycles. The van der Waals surface area contributed by atoms with Crippen molar-refractivity contribution in [1.29, 1.82) is 0 Å². The van der Waals surface area contributed by atoms with E-state index < -0.39 is 0 Å². The van der Waals surface area contributed by atoms with Crippen LogP contribution in [0.4, 0.5) is 0 Å². The highest BCUT2D eigenvalue weighted by atomic mass is 16.5. The zero-order valence-corrected chi connectivity index (χ0v) is 17.0. The average Bonchev–Trinajstić information content (AvgIpc) is 3.17. The number of amides is 1. The van der Waals surface area contributed by atoms with Crippen LogP contribution in [0.25, 0.3) is 16.7 Å². The summed E-state index contributed by atoms with van der Waals surface area (Å²) >= 11 is 0. The largest absolute Gasteiger partial charge is 0.378 e. The number of benzene rings is 1. The maximum absolute atomic E-state index is 11.9. The molecular weight excluding hydrogens is 378 g/mol. The third kappa shape index (κ3) is 2.83. The van der Waals surface area contributed by atoms with Gasteiger partial charge in [-0.15, -0.1) is 0 Å². The van der Waals surface area contributed by atoms with Gasteiger partial charge in [-0.3, -0.25) is 14.8 Å². The van der Waals surface area contributed by atoms with E-state index in [9.17, 15) is 4.79 Å². The number of methoxy groups -OCH3 is 1. The quantitative estimate of drug-likeness (QED) is 0.820. The van der Waals surface area contributed by atoms with Crippen molar-refractivity contribution in [3.8, 4) is 0 Å². The summed E-state index contributed by atoms with van der Waals surface area (Å²) in [5, 5.41) is 6.78. The first kappa shape index (κ1) is 18.0. The molecule has 4 fully saturated rings. The van der Waals surface area contributed by atoms with E-state index in [1.165, 1.54) is 12.6 Å². The highest BCUT2D eigenvalue weighted by Crippen LogP contribution is 2.59. The fourth-order valence-corrected chi connectivity index (χ4v) is 6.65. The van der Waals surface area contributed by atoms with Crippen molar-refractivity contribution in [2.45, 2.75) is 49.7 Å². The normalized spacial score (nSPS) is 35.7. The van der Waals surface area contributed by atoms with Crippen molar-refractivity contribution >= 4 is 28.9 Å². The highest BCUT2D eigenvalue weighted by molar-refractivity contribution is 6.29. The Balaban J connectivity index is 1.43. The van der Waals surface area contributed by atoms with Gasteiger partial charge in [0.05, 0.1) is 28.5 Å². The molecule has 2 N–H and O–H groups in total. The monoisotopic (exact) mass is 403 g/mol. The van der Waals surface area contributed by atoms with Gasteiger partial charge in [-0.2, -0.15) is 0 Å². The molecule has 7 heteroatoms. The van der Waals surface area contributed by atoms with E-state index in [1.54, 1.807) is 12.4 Å². The molecule has 0 radical (unpaired) electrons. The van der Waals surface area contributed by atoms with E-state index in [0.29, 0.717) is 17.7 Å². The number of nitrogens with zero attached hydrogens (tertiary/aromatic N) is 3. The van der Waals surface area contributed by atoms with E-state index >= 15 is 0 Å². The van der Waals surface area contributed by atoms with Gasteiger partial charge in [-0.05, 0) is 62.5 Å². The summed E-state index contributed by atoms with van der Waals surface area (Å²) in [7, 11) is 1.86. The molecule has 1 aromatic carbocycles. The Labute approximate surface area is 175 Å². The first-order valence-corrected chi connectivity index (χ1v) is 10.7. The number of aromatic nitrogens is 2. The van der Waals surface area contributed by atoms with Crippen LogP contribution in [0.3, 0.4) is 0 Å². The Hall–Kier alpha value is -2.80. The summed E-state index contributed by atoms with van der Waals surface area (Å²) in [5.74, 6) is 1.76. The number of nitrogens with one attached hydrogen (secondary N) is 2. The van der Waals surface area contributed by atoms with Gasteiger partial charge >= 0.3 is 0 Å². The van der Waals surface area contributed by atoms with Crippen LogP contribution in [0.2, 0.25) is 0 Å². The zero-order chi connectivity index (χ0) is 20.3. The van der Waals surface area contributed by atoms with Gasteiger partial charge < -0.3 is 15.4 Å². The van der Waals surface area contributed by atoms with E-state index in [1.807, 2.05) is 25.3 Å². The van der Waals surface area contributed by atoms with Gasteiger partial charge in [0.15, 0.2) is 5.82 Å². The SMILES string of the molecule is COC12CC3CC(CC(NC(=C4N=CC(=O)N4)c4ccc5nccnc5c4)(C3)C1)C2. The van der Waals surface area contributed by atoms with E-state index in [-0.39, 0.29) is 17.0 Å². The molecule has 1 aromatic heterocycles. The van der Waals surface area contributed by atoms with E-state index in [0.717, 1.165) is 54.4 Å². The number of carbonyl (C=O) groups excluding carboxylic acids is 1. The molecule has 4 bridgehead atoms. The summed E-state index contributed by atoms with van der Waals surface area (Å²) in [6.07, 6.45) is 11.6. The molecule has 30 heavy (non-hydrogen) atoms. The van der Waals surface area contributed by atoms with Crippen molar-refractivity contribution in [3.05, 3.63) is 42.0 Å². The molecule has 2 heterocycles. The second-order valence-corrected chi connectivity index (χ2v) is 9.48. The second kappa shape index (κ2) is 6.35. The van der Waals surface area contributed by atoms with Crippen LogP contribution in [0.5, 0.6) is 0 Å². The third-order valence-electron chi connectivity index (χ3n) is 7.38. The first-order chi connectivity index (χ1) is 14.6. The average molecular weight is 403 g/mol. The Kier molecular flexibility index (Phi) is 3.81. The zero-order valence-electron chi connectivity index (χ0n) is 17.0. The summed E-state index contributed by atoms with van der Waals surface area (Å²) in [4.78, 5) is 25.1. The fourth-order valence-electron chi connectivity index (χ4n) is 6.65. The number of fused-ring (bicyclic) bond motifs is 1. The molecule has 0 saturated heterocycles. The third-order valence-corrected chi connectivity index (χ3v) is 7.38. The number of carbonyl (C=O) groups is 1. The van der Waals surface area contributed by atoms with Crippen LogP contribution in [-0.4, -0.2) is 40.3 Å². The van der Waals surface area contributed by atoms with Gasteiger partial charge in [0.25, 0.3) is 5.91 Å². The number of ether oxygens (including phenoxy) is 1. The molecule has 2 aromatic rings. The van der Waals surface area contributed by atoms with Gasteiger partial charge in [-0.1, -0.05) is 6.07 Å². The van der Waals surface area contributed by atoms with Crippen LogP contribution in [0, 0.1) is 11.8 Å². The van der Waals surface area contributed by atoms with E-state index in [2.05, 4.69) is 25.6 Å². The van der Waals surface area contributed by atoms with Gasteiger partial charge in [0, 0.05) is 30.6 Å². The minimum atomic E-state index is -0.191. The van der Waals surface area contributed by atoms with Crippen molar-refractivity contribution in [1.82, 2.24) is 20.6 Å². The van der Waals surface area contributed by atoms with Crippen molar-refractivity contribution in [2.75, 3.05) is 7.11 Å². The summed E-state index contributed by atoms with van der Waals surface area (Å²) in [6, 6.07) is 6.01. The number of hydrogen-bond donors (Lipinski definition) is 2. The van der Waals surface area contributed by atoms with Crippen molar-refractivity contribution in [3.63, 3.8) is 0 Å². The Bertz CT molecular complexity index is 1090. The molecule has 7 rings (SSSR count). The lowest BCUT2D eigenvalue weighted by molar-refractivity contribution is -0.157. The number of hydrogen-bond acceptors (Lipinski definition) is 6. The Morgan fingerprint density at radius 2 is 1.90 bits per heavy atom. The molecular formula is C23H25N5O2. The molecule has 7 nitrogen and oxygen atoms in total. The van der Waals surface area contributed by atoms with E-state index in [4.69, 9.17) is 4.74 Å². The smallest absolute Gasteiger partial charge is 0.268 e. The van der Waals surface area contributed by atoms with Crippen molar-refractivity contribution < 1.29 is 9.53 Å². The molecule has 2 atom stereocenters. The molecule has 4 saturated carbocycles. The fraction of sp³-hybridized carbons (Fsp3) is 0.478. The molecule has 2 unspecified atom stereocenters. The van der Waals surface area contributed by atoms with Gasteiger partial charge in [0.1, 0.15) is 0 Å². The minimum absolute atomic E-state index is 0.0239. The first-order valence-electron chi connectivity index (χ1n) is 10.7. The topological polar surface area (TPSA) is 88.5 Å². The molecule has 4 aliphatic carbocycles. The molecule has 154 valence electrons. The van der Waals surface area contributed by atoms with Gasteiger partial charge in [0.2, 0.25) is 0 Å². The molecule has 5 aliphatic rings. The predicted octanol–water partition coefficient (Wildman–Crippen LogP) is 2.78. The second-order valence-electron chi connectivity index (χ2n) is 9.48. The van der Waals surface area contributed by atoms with Crippen molar-refractivity contribution in [2.24, 2.45) is 16.8 Å².